The Morgan fingerprint density at radius 2 is 1.62 bits per heavy atom. The molecule has 0 spiro atoms. The van der Waals surface area contributed by atoms with Crippen LogP contribution in [0, 0.1) is 5.92 Å². The van der Waals surface area contributed by atoms with Crippen molar-refractivity contribution in [3.8, 4) is 0 Å². The third-order valence-electron chi connectivity index (χ3n) is 6.91. The molecule has 12 heteroatoms. The number of rotatable bonds is 16. The van der Waals surface area contributed by atoms with E-state index in [9.17, 15) is 29.4 Å². The summed E-state index contributed by atoms with van der Waals surface area (Å²) in [5, 5.41) is 28.1. The van der Waals surface area contributed by atoms with Gasteiger partial charge in [0.15, 0.2) is 0 Å². The largest absolute Gasteiger partial charge is 0.480 e. The lowest BCUT2D eigenvalue weighted by Gasteiger charge is -2.27. The molecule has 6 atom stereocenters. The van der Waals surface area contributed by atoms with Gasteiger partial charge in [0, 0.05) is 23.5 Å². The normalized spacial score (nSPS) is 15.9. The van der Waals surface area contributed by atoms with Gasteiger partial charge in [0.1, 0.15) is 24.2 Å². The average molecular weight is 547 g/mol. The number of aliphatic hydroxyl groups excluding tert-OH is 1. The molecule has 0 aliphatic rings. The molecule has 6 unspecified atom stereocenters. The van der Waals surface area contributed by atoms with Crippen LogP contribution in [0.3, 0.4) is 0 Å². The van der Waals surface area contributed by atoms with E-state index < -0.39 is 54.0 Å². The molecule has 0 aliphatic heterocycles. The summed E-state index contributed by atoms with van der Waals surface area (Å²) in [6.07, 6.45) is 2.56. The Labute approximate surface area is 228 Å². The Morgan fingerprint density at radius 3 is 2.23 bits per heavy atom. The number of aromatic nitrogens is 1. The summed E-state index contributed by atoms with van der Waals surface area (Å²) in [5.41, 5.74) is 12.9. The van der Waals surface area contributed by atoms with Crippen molar-refractivity contribution in [1.82, 2.24) is 20.9 Å². The first-order chi connectivity index (χ1) is 18.5. The third kappa shape index (κ3) is 9.05. The lowest BCUT2D eigenvalue weighted by molar-refractivity contribution is -0.143. The molecule has 2 rings (SSSR count). The smallest absolute Gasteiger partial charge is 0.326 e. The number of aromatic amines is 1. The van der Waals surface area contributed by atoms with E-state index in [0.29, 0.717) is 25.8 Å². The highest BCUT2D eigenvalue weighted by Gasteiger charge is 2.32. The Morgan fingerprint density at radius 1 is 0.974 bits per heavy atom. The molecule has 0 radical (unpaired) electrons. The number of benzene rings is 1. The number of H-pyrrole nitrogens is 1. The minimum atomic E-state index is -1.24. The van der Waals surface area contributed by atoms with E-state index in [2.05, 4.69) is 20.9 Å². The van der Waals surface area contributed by atoms with Gasteiger partial charge >= 0.3 is 5.97 Å². The predicted molar refractivity (Wildman–Crippen MR) is 147 cm³/mol. The highest BCUT2D eigenvalue weighted by molar-refractivity contribution is 5.95. The summed E-state index contributed by atoms with van der Waals surface area (Å²) in [6.45, 7) is 5.31. The molecule has 1 aromatic carbocycles. The zero-order valence-electron chi connectivity index (χ0n) is 22.8. The summed E-state index contributed by atoms with van der Waals surface area (Å²) < 4.78 is 0. The van der Waals surface area contributed by atoms with Crippen molar-refractivity contribution < 1.29 is 29.4 Å². The number of nitrogens with two attached hydrogens (primary N) is 2. The van der Waals surface area contributed by atoms with Gasteiger partial charge in [-0.1, -0.05) is 38.5 Å². The summed E-state index contributed by atoms with van der Waals surface area (Å²) in [6, 6.07) is 2.91. The fraction of sp³-hybridized carbons (Fsp3) is 0.556. The van der Waals surface area contributed by atoms with Crippen molar-refractivity contribution in [3.63, 3.8) is 0 Å². The van der Waals surface area contributed by atoms with Crippen LogP contribution < -0.4 is 27.4 Å². The highest BCUT2D eigenvalue weighted by Crippen LogP contribution is 2.20. The first-order valence-corrected chi connectivity index (χ1v) is 13.3. The number of aliphatic carboxylic acids is 1. The lowest BCUT2D eigenvalue weighted by Crippen LogP contribution is -2.59. The fourth-order valence-electron chi connectivity index (χ4n) is 4.19. The van der Waals surface area contributed by atoms with E-state index in [4.69, 9.17) is 11.5 Å². The predicted octanol–water partition coefficient (Wildman–Crippen LogP) is 0.133. The molecule has 1 aromatic heterocycles. The SMILES string of the molecule is CCC(C)C(NC(=O)C(Cc1c[nH]c2ccccc12)NC(=O)C(CCCCN)NC(=O)C(N)C(C)O)C(=O)O. The summed E-state index contributed by atoms with van der Waals surface area (Å²) in [5.74, 6) is -3.52. The maximum atomic E-state index is 13.4. The van der Waals surface area contributed by atoms with E-state index in [0.717, 1.165) is 16.5 Å². The second-order valence-electron chi connectivity index (χ2n) is 9.95. The quantitative estimate of drug-likeness (QED) is 0.135. The van der Waals surface area contributed by atoms with Crippen molar-refractivity contribution in [2.75, 3.05) is 6.54 Å². The maximum Gasteiger partial charge on any atom is 0.326 e. The van der Waals surface area contributed by atoms with Crippen molar-refractivity contribution in [2.24, 2.45) is 17.4 Å². The molecule has 3 amide bonds. The van der Waals surface area contributed by atoms with Crippen LogP contribution in [0.15, 0.2) is 30.5 Å². The van der Waals surface area contributed by atoms with E-state index in [1.807, 2.05) is 31.2 Å². The fourth-order valence-corrected chi connectivity index (χ4v) is 4.19. The molecule has 2 aromatic rings. The lowest BCUT2D eigenvalue weighted by atomic mass is 9.97. The number of carboxylic acids is 1. The van der Waals surface area contributed by atoms with Gasteiger partial charge in [-0.15, -0.1) is 0 Å². The minimum Gasteiger partial charge on any atom is -0.480 e. The molecule has 0 saturated heterocycles. The van der Waals surface area contributed by atoms with Gasteiger partial charge < -0.3 is 42.6 Å². The molecule has 0 bridgehead atoms. The molecule has 10 N–H and O–H groups in total. The van der Waals surface area contributed by atoms with E-state index in [1.165, 1.54) is 6.92 Å². The van der Waals surface area contributed by atoms with Crippen LogP contribution in [0.1, 0.15) is 52.0 Å². The number of amides is 3. The number of aliphatic hydroxyl groups is 1. The Kier molecular flexibility index (Phi) is 12.4. The number of unbranched alkanes of at least 4 members (excludes halogenated alkanes) is 1. The number of carboxylic acid groups (broad SMARTS) is 1. The van der Waals surface area contributed by atoms with Crippen LogP contribution in [0.2, 0.25) is 0 Å². The summed E-state index contributed by atoms with van der Waals surface area (Å²) >= 11 is 0. The van der Waals surface area contributed by atoms with Crippen LogP contribution in [-0.2, 0) is 25.6 Å². The highest BCUT2D eigenvalue weighted by atomic mass is 16.4. The summed E-state index contributed by atoms with van der Waals surface area (Å²) in [7, 11) is 0. The first-order valence-electron chi connectivity index (χ1n) is 13.3. The topological polar surface area (TPSA) is 213 Å². The van der Waals surface area contributed by atoms with Crippen molar-refractivity contribution in [2.45, 2.75) is 83.1 Å². The van der Waals surface area contributed by atoms with E-state index in [1.54, 1.807) is 13.1 Å². The van der Waals surface area contributed by atoms with Crippen molar-refractivity contribution in [1.29, 1.82) is 0 Å². The Bertz CT molecular complexity index is 1120. The molecular weight excluding hydrogens is 504 g/mol. The molecule has 0 saturated carbocycles. The molecule has 1 heterocycles. The molecule has 0 fully saturated rings. The van der Waals surface area contributed by atoms with Gasteiger partial charge in [-0.2, -0.15) is 0 Å². The second-order valence-corrected chi connectivity index (χ2v) is 9.95. The third-order valence-corrected chi connectivity index (χ3v) is 6.91. The number of hydrogen-bond acceptors (Lipinski definition) is 7. The van der Waals surface area contributed by atoms with Crippen LogP contribution >= 0.6 is 0 Å². The van der Waals surface area contributed by atoms with E-state index >= 15 is 0 Å². The van der Waals surface area contributed by atoms with Gasteiger partial charge in [0.2, 0.25) is 17.7 Å². The molecule has 216 valence electrons. The van der Waals surface area contributed by atoms with Gasteiger partial charge in [-0.3, -0.25) is 14.4 Å². The Hall–Kier alpha value is -3.48. The van der Waals surface area contributed by atoms with Gasteiger partial charge in [-0.05, 0) is 50.3 Å². The molecular formula is C27H42N6O6. The Balaban J connectivity index is 2.34. The van der Waals surface area contributed by atoms with Gasteiger partial charge in [0.25, 0.3) is 0 Å². The number of carbonyl (C=O) groups is 4. The van der Waals surface area contributed by atoms with Crippen LogP contribution in [0.4, 0.5) is 0 Å². The van der Waals surface area contributed by atoms with Crippen LogP contribution in [0.5, 0.6) is 0 Å². The standard InChI is InChI=1S/C27H42N6O6/c1-4-15(2)23(27(38)39)33-25(36)21(13-17-14-30-19-10-6-5-9-18(17)19)32-24(35)20(11-7-8-12-28)31-26(37)22(29)16(3)34/h5-6,9-10,14-16,20-23,30,34H,4,7-8,11-13,28-29H2,1-3H3,(H,31,37)(H,32,35)(H,33,36)(H,38,39). The summed E-state index contributed by atoms with van der Waals surface area (Å²) in [4.78, 5) is 54.4. The average Bonchev–Trinajstić information content (AvgIpc) is 3.32. The zero-order chi connectivity index (χ0) is 29.1. The van der Waals surface area contributed by atoms with Crippen LogP contribution in [-0.4, -0.2) is 75.7 Å². The van der Waals surface area contributed by atoms with Crippen LogP contribution in [0.25, 0.3) is 10.9 Å². The van der Waals surface area contributed by atoms with Gasteiger partial charge in [0.05, 0.1) is 6.10 Å². The number of para-hydroxylation sites is 1. The maximum absolute atomic E-state index is 13.4. The number of hydrogen-bond donors (Lipinski definition) is 8. The number of nitrogens with one attached hydrogen (secondary N) is 4. The monoisotopic (exact) mass is 546 g/mol. The van der Waals surface area contributed by atoms with Crippen molar-refractivity contribution >= 4 is 34.6 Å². The second kappa shape index (κ2) is 15.2. The number of carbonyl (C=O) groups excluding carboxylic acids is 3. The van der Waals surface area contributed by atoms with Gasteiger partial charge in [-0.25, -0.2) is 4.79 Å². The van der Waals surface area contributed by atoms with Crippen molar-refractivity contribution in [3.05, 3.63) is 36.0 Å². The zero-order valence-corrected chi connectivity index (χ0v) is 22.8. The molecule has 12 nitrogen and oxygen atoms in total. The van der Waals surface area contributed by atoms with E-state index in [-0.39, 0.29) is 18.8 Å². The number of fused-ring (bicyclic) bond motifs is 1. The minimum absolute atomic E-state index is 0.0745. The first kappa shape index (κ1) is 31.7. The molecule has 39 heavy (non-hydrogen) atoms. The molecule has 0 aliphatic carbocycles.